The molecule has 0 bridgehead atoms. The molecular weight excluding hydrogens is 276 g/mol. The lowest BCUT2D eigenvalue weighted by molar-refractivity contribution is -0.384. The Labute approximate surface area is 122 Å². The molecule has 0 heterocycles. The summed E-state index contributed by atoms with van der Waals surface area (Å²) >= 11 is 0. The van der Waals surface area contributed by atoms with Gasteiger partial charge in [0.15, 0.2) is 0 Å². The lowest BCUT2D eigenvalue weighted by atomic mass is 9.86. The van der Waals surface area contributed by atoms with E-state index in [2.05, 4.69) is 5.32 Å². The third kappa shape index (κ3) is 4.87. The molecule has 1 rings (SSSR count). The molecule has 1 aromatic carbocycles. The number of carboxylic acids is 1. The minimum Gasteiger partial charge on any atom is -0.480 e. The smallest absolute Gasteiger partial charge is 0.326 e. The molecule has 0 aliphatic heterocycles. The normalized spacial score (nSPS) is 12.5. The maximum atomic E-state index is 11.9. The van der Waals surface area contributed by atoms with E-state index < -0.39 is 28.3 Å². The number of nitro benzene ring substituents is 1. The van der Waals surface area contributed by atoms with Gasteiger partial charge in [-0.15, -0.1) is 0 Å². The maximum Gasteiger partial charge on any atom is 0.326 e. The van der Waals surface area contributed by atoms with Crippen LogP contribution in [0.2, 0.25) is 0 Å². The van der Waals surface area contributed by atoms with Gasteiger partial charge >= 0.3 is 5.97 Å². The number of rotatable bonds is 5. The Morgan fingerprint density at radius 3 is 2.48 bits per heavy atom. The molecule has 2 N–H and O–H groups in total. The van der Waals surface area contributed by atoms with Gasteiger partial charge < -0.3 is 10.4 Å². The predicted octanol–water partition coefficient (Wildman–Crippen LogP) is 1.75. The Hall–Kier alpha value is -2.44. The summed E-state index contributed by atoms with van der Waals surface area (Å²) in [5, 5.41) is 22.2. The van der Waals surface area contributed by atoms with Crippen LogP contribution in [0.3, 0.4) is 0 Å². The van der Waals surface area contributed by atoms with E-state index in [1.807, 2.05) is 0 Å². The molecule has 0 fully saturated rings. The highest BCUT2D eigenvalue weighted by Gasteiger charge is 2.32. The second-order valence-electron chi connectivity index (χ2n) is 5.81. The quantitative estimate of drug-likeness (QED) is 0.635. The van der Waals surface area contributed by atoms with Crippen LogP contribution >= 0.6 is 0 Å². The van der Waals surface area contributed by atoms with Crippen molar-refractivity contribution in [2.75, 3.05) is 0 Å². The minimum atomic E-state index is -1.12. The Morgan fingerprint density at radius 1 is 1.38 bits per heavy atom. The molecule has 0 unspecified atom stereocenters. The third-order valence-electron chi connectivity index (χ3n) is 2.90. The first-order chi connectivity index (χ1) is 9.61. The third-order valence-corrected chi connectivity index (χ3v) is 2.90. The first-order valence-corrected chi connectivity index (χ1v) is 6.37. The fourth-order valence-corrected chi connectivity index (χ4v) is 1.83. The van der Waals surface area contributed by atoms with Gasteiger partial charge in [-0.3, -0.25) is 14.9 Å². The summed E-state index contributed by atoms with van der Waals surface area (Å²) in [6.45, 7) is 5.12. The Kier molecular flexibility index (Phi) is 5.02. The molecule has 0 aromatic heterocycles. The average molecular weight is 294 g/mol. The number of aliphatic carboxylic acids is 1. The summed E-state index contributed by atoms with van der Waals surface area (Å²) in [6.07, 6.45) is -0.110. The number of non-ortho nitro benzene ring substituents is 1. The fourth-order valence-electron chi connectivity index (χ4n) is 1.83. The summed E-state index contributed by atoms with van der Waals surface area (Å²) in [7, 11) is 0. The van der Waals surface area contributed by atoms with Crippen molar-refractivity contribution >= 4 is 17.6 Å². The number of hydrogen-bond donors (Lipinski definition) is 2. The van der Waals surface area contributed by atoms with Crippen LogP contribution in [0, 0.1) is 15.5 Å². The largest absolute Gasteiger partial charge is 0.480 e. The number of amides is 1. The molecule has 0 radical (unpaired) electrons. The maximum absolute atomic E-state index is 11.9. The molecule has 0 saturated carbocycles. The fraction of sp³-hybridized carbons (Fsp3) is 0.429. The molecular formula is C14H18N2O5. The van der Waals surface area contributed by atoms with E-state index in [4.69, 9.17) is 5.11 Å². The van der Waals surface area contributed by atoms with Gasteiger partial charge in [0.1, 0.15) is 6.04 Å². The van der Waals surface area contributed by atoms with Crippen molar-refractivity contribution in [2.24, 2.45) is 5.41 Å². The number of benzene rings is 1. The topological polar surface area (TPSA) is 110 Å². The standard InChI is InChI=1S/C14H18N2O5/c1-14(2,3)12(13(18)19)15-11(17)8-9-5-4-6-10(7-9)16(20)21/h4-7,12H,8H2,1-3H3,(H,15,17)(H,18,19)/t12-/m1/s1. The van der Waals surface area contributed by atoms with Gasteiger partial charge in [0.25, 0.3) is 5.69 Å². The number of nitrogens with zero attached hydrogens (tertiary/aromatic N) is 1. The zero-order valence-electron chi connectivity index (χ0n) is 12.1. The van der Waals surface area contributed by atoms with Crippen molar-refractivity contribution in [1.82, 2.24) is 5.32 Å². The van der Waals surface area contributed by atoms with Crippen LogP contribution in [0.4, 0.5) is 5.69 Å². The van der Waals surface area contributed by atoms with E-state index in [0.717, 1.165) is 0 Å². The van der Waals surface area contributed by atoms with Crippen LogP contribution in [0.25, 0.3) is 0 Å². The summed E-state index contributed by atoms with van der Waals surface area (Å²) in [5.74, 6) is -1.60. The number of nitrogens with one attached hydrogen (secondary N) is 1. The monoisotopic (exact) mass is 294 g/mol. The Bertz CT molecular complexity index is 563. The van der Waals surface area contributed by atoms with Gasteiger partial charge in [0, 0.05) is 12.1 Å². The number of carbonyl (C=O) groups excluding carboxylic acids is 1. The summed E-state index contributed by atoms with van der Waals surface area (Å²) in [6, 6.07) is 4.67. The van der Waals surface area contributed by atoms with E-state index >= 15 is 0 Å². The van der Waals surface area contributed by atoms with E-state index in [0.29, 0.717) is 5.56 Å². The van der Waals surface area contributed by atoms with Gasteiger partial charge in [0.05, 0.1) is 11.3 Å². The molecule has 1 aromatic rings. The highest BCUT2D eigenvalue weighted by molar-refractivity contribution is 5.85. The minimum absolute atomic E-state index is 0.106. The van der Waals surface area contributed by atoms with Crippen molar-refractivity contribution in [3.8, 4) is 0 Å². The predicted molar refractivity (Wildman–Crippen MR) is 75.8 cm³/mol. The summed E-state index contributed by atoms with van der Waals surface area (Å²) < 4.78 is 0. The second-order valence-corrected chi connectivity index (χ2v) is 5.81. The SMILES string of the molecule is CC(C)(C)[C@H](NC(=O)Cc1cccc([N+](=O)[O-])c1)C(=O)O. The molecule has 1 amide bonds. The van der Waals surface area contributed by atoms with Gasteiger partial charge in [-0.05, 0) is 11.0 Å². The van der Waals surface area contributed by atoms with Crippen LogP contribution in [-0.2, 0) is 16.0 Å². The molecule has 21 heavy (non-hydrogen) atoms. The van der Waals surface area contributed by atoms with Crippen molar-refractivity contribution in [2.45, 2.75) is 33.2 Å². The molecule has 1 atom stereocenters. The van der Waals surface area contributed by atoms with Crippen LogP contribution in [0.15, 0.2) is 24.3 Å². The second kappa shape index (κ2) is 6.34. The molecule has 0 spiro atoms. The van der Waals surface area contributed by atoms with Crippen molar-refractivity contribution in [1.29, 1.82) is 0 Å². The highest BCUT2D eigenvalue weighted by Crippen LogP contribution is 2.20. The van der Waals surface area contributed by atoms with Crippen molar-refractivity contribution in [3.63, 3.8) is 0 Å². The first kappa shape index (κ1) is 16.6. The van der Waals surface area contributed by atoms with Crippen molar-refractivity contribution in [3.05, 3.63) is 39.9 Å². The molecule has 0 saturated heterocycles. The van der Waals surface area contributed by atoms with Gasteiger partial charge in [0.2, 0.25) is 5.91 Å². The molecule has 7 nitrogen and oxygen atoms in total. The zero-order chi connectivity index (χ0) is 16.2. The molecule has 114 valence electrons. The van der Waals surface area contributed by atoms with Crippen LogP contribution in [0.1, 0.15) is 26.3 Å². The highest BCUT2D eigenvalue weighted by atomic mass is 16.6. The van der Waals surface area contributed by atoms with E-state index in [1.165, 1.54) is 18.2 Å². The molecule has 0 aliphatic carbocycles. The zero-order valence-corrected chi connectivity index (χ0v) is 12.1. The van der Waals surface area contributed by atoms with Crippen molar-refractivity contribution < 1.29 is 19.6 Å². The van der Waals surface area contributed by atoms with Crippen LogP contribution in [-0.4, -0.2) is 27.9 Å². The van der Waals surface area contributed by atoms with E-state index in [1.54, 1.807) is 26.8 Å². The van der Waals surface area contributed by atoms with Crippen LogP contribution in [0.5, 0.6) is 0 Å². The Morgan fingerprint density at radius 2 is 2.00 bits per heavy atom. The van der Waals surface area contributed by atoms with Gasteiger partial charge in [-0.25, -0.2) is 4.79 Å². The molecule has 0 aliphatic rings. The van der Waals surface area contributed by atoms with E-state index in [9.17, 15) is 19.7 Å². The Balaban J connectivity index is 2.79. The number of carbonyl (C=O) groups is 2. The van der Waals surface area contributed by atoms with Gasteiger partial charge in [-0.1, -0.05) is 32.9 Å². The lowest BCUT2D eigenvalue weighted by Gasteiger charge is -2.27. The average Bonchev–Trinajstić information content (AvgIpc) is 2.34. The number of hydrogen-bond acceptors (Lipinski definition) is 4. The molecule has 7 heteroatoms. The lowest BCUT2D eigenvalue weighted by Crippen LogP contribution is -2.49. The summed E-state index contributed by atoms with van der Waals surface area (Å²) in [4.78, 5) is 33.2. The summed E-state index contributed by atoms with van der Waals surface area (Å²) in [5.41, 5.74) is -0.282. The number of carboxylic acid groups (broad SMARTS) is 1. The first-order valence-electron chi connectivity index (χ1n) is 6.37. The number of nitro groups is 1. The van der Waals surface area contributed by atoms with Crippen LogP contribution < -0.4 is 5.32 Å². The van der Waals surface area contributed by atoms with E-state index in [-0.39, 0.29) is 12.1 Å². The van der Waals surface area contributed by atoms with Gasteiger partial charge in [-0.2, -0.15) is 0 Å².